The van der Waals surface area contributed by atoms with Gasteiger partial charge in [0.2, 0.25) is 5.91 Å². The van der Waals surface area contributed by atoms with Crippen LogP contribution >= 0.6 is 0 Å². The second kappa shape index (κ2) is 5.24. The lowest BCUT2D eigenvalue weighted by atomic mass is 10.00. The molecule has 6 heteroatoms. The van der Waals surface area contributed by atoms with Crippen LogP contribution in [0.4, 0.5) is 5.69 Å². The van der Waals surface area contributed by atoms with Gasteiger partial charge in [-0.15, -0.1) is 0 Å². The summed E-state index contributed by atoms with van der Waals surface area (Å²) in [5, 5.41) is 7.20. The minimum absolute atomic E-state index is 0.158. The molecule has 21 heavy (non-hydrogen) atoms. The molecule has 0 saturated carbocycles. The molecule has 4 N–H and O–H groups in total. The van der Waals surface area contributed by atoms with Crippen LogP contribution in [-0.2, 0) is 9.59 Å². The third kappa shape index (κ3) is 2.55. The number of hydrazone groups is 1. The number of primary amides is 1. The Bertz CT molecular complexity index is 716. The van der Waals surface area contributed by atoms with Crippen molar-refractivity contribution in [3.63, 3.8) is 0 Å². The van der Waals surface area contributed by atoms with Crippen LogP contribution in [0.2, 0.25) is 0 Å². The molecular weight excluding hydrogens is 268 g/mol. The Morgan fingerprint density at radius 3 is 2.86 bits per heavy atom. The maximum atomic E-state index is 12.0. The molecule has 0 atom stereocenters. The van der Waals surface area contributed by atoms with E-state index in [-0.39, 0.29) is 12.3 Å². The molecule has 1 aromatic rings. The zero-order valence-electron chi connectivity index (χ0n) is 11.2. The first-order valence-electron chi connectivity index (χ1n) is 6.59. The highest BCUT2D eigenvalue weighted by Gasteiger charge is 2.27. The topological polar surface area (TPSA) is 96.6 Å². The van der Waals surface area contributed by atoms with E-state index < -0.39 is 5.91 Å². The fourth-order valence-electron chi connectivity index (χ4n) is 2.32. The van der Waals surface area contributed by atoms with Gasteiger partial charge in [0.25, 0.3) is 5.91 Å². The second-order valence-corrected chi connectivity index (χ2v) is 4.80. The molecule has 106 valence electrons. The summed E-state index contributed by atoms with van der Waals surface area (Å²) in [5.74, 6) is -0.695. The maximum absolute atomic E-state index is 12.0. The number of hydrogen-bond donors (Lipinski definition) is 3. The SMILES string of the molecule is NC(=O)CCC1=NNC(=O)C1=C1C=Cc2ccccc2N1. The number of allylic oxidation sites excluding steroid dienone is 1. The molecular formula is C15H14N4O2. The highest BCUT2D eigenvalue weighted by atomic mass is 16.2. The van der Waals surface area contributed by atoms with Crippen LogP contribution in [-0.4, -0.2) is 17.5 Å². The molecule has 3 rings (SSSR count). The molecule has 2 aliphatic rings. The van der Waals surface area contributed by atoms with E-state index in [4.69, 9.17) is 5.73 Å². The van der Waals surface area contributed by atoms with E-state index in [1.165, 1.54) is 0 Å². The summed E-state index contributed by atoms with van der Waals surface area (Å²) in [7, 11) is 0. The van der Waals surface area contributed by atoms with Gasteiger partial charge in [0.1, 0.15) is 0 Å². The number of carbonyl (C=O) groups excluding carboxylic acids is 2. The molecule has 2 heterocycles. The summed E-state index contributed by atoms with van der Waals surface area (Å²) < 4.78 is 0. The average Bonchev–Trinajstić information content (AvgIpc) is 2.85. The van der Waals surface area contributed by atoms with E-state index in [1.54, 1.807) is 0 Å². The number of nitrogens with zero attached hydrogens (tertiary/aromatic N) is 1. The number of para-hydroxylation sites is 1. The Morgan fingerprint density at radius 1 is 1.24 bits per heavy atom. The predicted molar refractivity (Wildman–Crippen MR) is 80.1 cm³/mol. The van der Waals surface area contributed by atoms with Crippen molar-refractivity contribution in [3.8, 4) is 0 Å². The Kier molecular flexibility index (Phi) is 3.27. The zero-order chi connectivity index (χ0) is 14.8. The van der Waals surface area contributed by atoms with Crippen molar-refractivity contribution >= 4 is 29.3 Å². The van der Waals surface area contributed by atoms with Gasteiger partial charge in [-0.25, -0.2) is 5.43 Å². The number of rotatable bonds is 3. The Balaban J connectivity index is 1.92. The summed E-state index contributed by atoms with van der Waals surface area (Å²) >= 11 is 0. The largest absolute Gasteiger partial charge is 0.370 e. The Hall–Kier alpha value is -2.89. The highest BCUT2D eigenvalue weighted by Crippen LogP contribution is 2.27. The number of nitrogens with one attached hydrogen (secondary N) is 2. The average molecular weight is 282 g/mol. The molecule has 0 fully saturated rings. The van der Waals surface area contributed by atoms with Gasteiger partial charge in [-0.3, -0.25) is 9.59 Å². The maximum Gasteiger partial charge on any atom is 0.275 e. The predicted octanol–water partition coefficient (Wildman–Crippen LogP) is 1.13. The minimum atomic E-state index is -0.418. The van der Waals surface area contributed by atoms with Gasteiger partial charge in [-0.05, 0) is 17.7 Å². The van der Waals surface area contributed by atoms with Gasteiger partial charge in [-0.2, -0.15) is 5.10 Å². The van der Waals surface area contributed by atoms with Crippen molar-refractivity contribution in [3.05, 3.63) is 47.2 Å². The summed E-state index contributed by atoms with van der Waals surface area (Å²) in [4.78, 5) is 22.9. The third-order valence-electron chi connectivity index (χ3n) is 3.35. The first kappa shape index (κ1) is 13.1. The van der Waals surface area contributed by atoms with Gasteiger partial charge >= 0.3 is 0 Å². The van der Waals surface area contributed by atoms with Crippen LogP contribution < -0.4 is 16.5 Å². The smallest absolute Gasteiger partial charge is 0.275 e. The molecule has 0 unspecified atom stereocenters. The molecule has 0 aromatic heterocycles. The number of amides is 2. The molecule has 0 radical (unpaired) electrons. The van der Waals surface area contributed by atoms with E-state index >= 15 is 0 Å². The molecule has 0 saturated heterocycles. The summed E-state index contributed by atoms with van der Waals surface area (Å²) in [5.41, 5.74) is 11.2. The first-order chi connectivity index (χ1) is 10.1. The zero-order valence-corrected chi connectivity index (χ0v) is 11.2. The number of nitrogens with two attached hydrogens (primary N) is 1. The normalized spacial score (nSPS) is 19.6. The van der Waals surface area contributed by atoms with Crippen LogP contribution in [0.1, 0.15) is 18.4 Å². The lowest BCUT2D eigenvalue weighted by Crippen LogP contribution is -2.20. The molecule has 0 spiro atoms. The monoisotopic (exact) mass is 282 g/mol. The van der Waals surface area contributed by atoms with Crippen LogP contribution in [0.25, 0.3) is 6.08 Å². The number of hydrogen-bond acceptors (Lipinski definition) is 4. The lowest BCUT2D eigenvalue weighted by molar-refractivity contribution is -0.118. The molecule has 1 aromatic carbocycles. The van der Waals surface area contributed by atoms with Gasteiger partial charge in [0.15, 0.2) is 0 Å². The number of carbonyl (C=O) groups is 2. The van der Waals surface area contributed by atoms with Crippen molar-refractivity contribution in [2.45, 2.75) is 12.8 Å². The standard InChI is InChI=1S/C15H14N4O2/c16-13(20)8-7-12-14(15(21)19-18-12)11-6-5-9-3-1-2-4-10(9)17-11/h1-6,17H,7-8H2,(H2,16,20)(H,19,21). The van der Waals surface area contributed by atoms with Crippen molar-refractivity contribution in [1.29, 1.82) is 0 Å². The van der Waals surface area contributed by atoms with Crippen molar-refractivity contribution in [2.75, 3.05) is 5.32 Å². The summed E-state index contributed by atoms with van der Waals surface area (Å²) in [6.45, 7) is 0. The van der Waals surface area contributed by atoms with E-state index in [2.05, 4.69) is 15.8 Å². The molecule has 2 amide bonds. The fourth-order valence-corrected chi connectivity index (χ4v) is 2.32. The molecule has 0 bridgehead atoms. The molecule has 0 aliphatic carbocycles. The van der Waals surface area contributed by atoms with Crippen molar-refractivity contribution in [2.24, 2.45) is 10.8 Å². The lowest BCUT2D eigenvalue weighted by Gasteiger charge is -2.17. The van der Waals surface area contributed by atoms with Gasteiger partial charge < -0.3 is 11.1 Å². The molecule has 6 nitrogen and oxygen atoms in total. The Morgan fingerprint density at radius 2 is 2.05 bits per heavy atom. The van der Waals surface area contributed by atoms with Gasteiger partial charge in [0.05, 0.1) is 17.0 Å². The first-order valence-corrected chi connectivity index (χ1v) is 6.59. The van der Waals surface area contributed by atoms with Crippen molar-refractivity contribution in [1.82, 2.24) is 5.43 Å². The molecule has 2 aliphatic heterocycles. The van der Waals surface area contributed by atoms with E-state index in [0.717, 1.165) is 11.3 Å². The van der Waals surface area contributed by atoms with Crippen LogP contribution in [0.3, 0.4) is 0 Å². The summed E-state index contributed by atoms with van der Waals surface area (Å²) in [6, 6.07) is 7.79. The Labute approximate surface area is 121 Å². The van der Waals surface area contributed by atoms with Gasteiger partial charge in [0, 0.05) is 18.5 Å². The summed E-state index contributed by atoms with van der Waals surface area (Å²) in [6.07, 6.45) is 4.27. The second-order valence-electron chi connectivity index (χ2n) is 4.80. The fraction of sp³-hybridized carbons (Fsp3) is 0.133. The van der Waals surface area contributed by atoms with Crippen LogP contribution in [0.15, 0.2) is 46.7 Å². The number of fused-ring (bicyclic) bond motifs is 1. The highest BCUT2D eigenvalue weighted by molar-refractivity contribution is 6.26. The van der Waals surface area contributed by atoms with Gasteiger partial charge in [-0.1, -0.05) is 24.3 Å². The number of benzene rings is 1. The minimum Gasteiger partial charge on any atom is -0.370 e. The quantitative estimate of drug-likeness (QED) is 0.725. The van der Waals surface area contributed by atoms with Crippen LogP contribution in [0, 0.1) is 0 Å². The van der Waals surface area contributed by atoms with Crippen LogP contribution in [0.5, 0.6) is 0 Å². The number of anilines is 1. The van der Waals surface area contributed by atoms with E-state index in [9.17, 15) is 9.59 Å². The van der Waals surface area contributed by atoms with E-state index in [1.807, 2.05) is 36.4 Å². The third-order valence-corrected chi connectivity index (χ3v) is 3.35. The van der Waals surface area contributed by atoms with E-state index in [0.29, 0.717) is 23.4 Å². The van der Waals surface area contributed by atoms with Crippen molar-refractivity contribution < 1.29 is 9.59 Å².